The highest BCUT2D eigenvalue weighted by Crippen LogP contribution is 2.33. The summed E-state index contributed by atoms with van der Waals surface area (Å²) < 4.78 is 40.3. The van der Waals surface area contributed by atoms with Crippen molar-refractivity contribution in [2.45, 2.75) is 89.9 Å². The number of hydrogen-bond acceptors (Lipinski definition) is 8. The zero-order valence-corrected chi connectivity index (χ0v) is 28.4. The van der Waals surface area contributed by atoms with Gasteiger partial charge in [0.1, 0.15) is 16.1 Å². The third-order valence-electron chi connectivity index (χ3n) is 6.57. The zero-order valence-electron chi connectivity index (χ0n) is 27.6. The molecule has 1 aromatic heterocycles. The lowest BCUT2D eigenvalue weighted by Crippen LogP contribution is -2.33. The molecule has 0 bridgehead atoms. The van der Waals surface area contributed by atoms with E-state index in [1.165, 1.54) is 26.2 Å². The SMILES string of the molecule is C[C@H](CCCCNC(=O)OC(C)(C)C)n1c(NC(=O)c2cccc(C(=O)OC(C)(C)C)c2)nc2cccc(S(=O)(=O)N(C)C)c21. The number of unbranched alkanes of at least 4 members (excludes halogenated alkanes) is 1. The monoisotopic (exact) mass is 643 g/mol. The van der Waals surface area contributed by atoms with E-state index in [-0.39, 0.29) is 28.0 Å². The topological polar surface area (TPSA) is 149 Å². The maximum absolute atomic E-state index is 13.5. The molecule has 2 amide bonds. The van der Waals surface area contributed by atoms with Gasteiger partial charge in [0.05, 0.1) is 16.6 Å². The Morgan fingerprint density at radius 3 is 2.18 bits per heavy atom. The second-order valence-electron chi connectivity index (χ2n) is 13.0. The number of hydrogen-bond donors (Lipinski definition) is 2. The molecule has 0 unspecified atom stereocenters. The normalized spacial score (nSPS) is 13.0. The van der Waals surface area contributed by atoms with E-state index in [4.69, 9.17) is 9.47 Å². The van der Waals surface area contributed by atoms with Crippen LogP contribution in [-0.4, -0.2) is 72.1 Å². The number of alkyl carbamates (subject to hydrolysis) is 1. The van der Waals surface area contributed by atoms with Gasteiger partial charge in [-0.15, -0.1) is 0 Å². The minimum atomic E-state index is -3.86. The molecular formula is C32H45N5O7S. The standard InChI is InChI=1S/C32H45N5O7S/c1-21(14-10-11-19-33-30(40)44-32(5,6)7)37-26-24(17-13-18-25(26)45(41,42)36(8)9)34-29(37)35-27(38)22-15-12-16-23(20-22)28(39)43-31(2,3)4/h12-13,15-18,20-21H,10-11,14,19H2,1-9H3,(H,33,40)(H,34,35,38)/t21-/m1/s1. The summed E-state index contributed by atoms with van der Waals surface area (Å²) in [6, 6.07) is 10.7. The number of nitrogens with one attached hydrogen (secondary N) is 2. The molecule has 0 saturated carbocycles. The molecule has 0 aliphatic carbocycles. The largest absolute Gasteiger partial charge is 0.456 e. The van der Waals surface area contributed by atoms with E-state index < -0.39 is 39.2 Å². The summed E-state index contributed by atoms with van der Waals surface area (Å²) in [5.41, 5.74) is -0.105. The number of imidazole rings is 1. The first kappa shape index (κ1) is 35.5. The van der Waals surface area contributed by atoms with Crippen molar-refractivity contribution < 1.29 is 32.3 Å². The number of para-hydroxylation sites is 1. The Morgan fingerprint density at radius 2 is 1.56 bits per heavy atom. The molecule has 0 spiro atoms. The van der Waals surface area contributed by atoms with Crippen LogP contribution < -0.4 is 10.6 Å². The van der Waals surface area contributed by atoms with Crippen LogP contribution >= 0.6 is 0 Å². The fourth-order valence-electron chi connectivity index (χ4n) is 4.54. The molecule has 0 radical (unpaired) electrons. The van der Waals surface area contributed by atoms with Gasteiger partial charge in [0.15, 0.2) is 0 Å². The van der Waals surface area contributed by atoms with Crippen molar-refractivity contribution in [1.82, 2.24) is 19.2 Å². The van der Waals surface area contributed by atoms with Gasteiger partial charge in [0.25, 0.3) is 5.91 Å². The highest BCUT2D eigenvalue weighted by atomic mass is 32.2. The fraction of sp³-hybridized carbons (Fsp3) is 0.500. The summed E-state index contributed by atoms with van der Waals surface area (Å²) in [6.07, 6.45) is 1.44. The van der Waals surface area contributed by atoms with Crippen LogP contribution in [0.3, 0.4) is 0 Å². The third kappa shape index (κ3) is 9.51. The van der Waals surface area contributed by atoms with Gasteiger partial charge in [-0.05, 0) is 98.1 Å². The molecular weight excluding hydrogens is 598 g/mol. The van der Waals surface area contributed by atoms with Gasteiger partial charge in [-0.2, -0.15) is 0 Å². The van der Waals surface area contributed by atoms with Gasteiger partial charge in [0.2, 0.25) is 16.0 Å². The minimum absolute atomic E-state index is 0.0587. The predicted molar refractivity (Wildman–Crippen MR) is 173 cm³/mol. The van der Waals surface area contributed by atoms with Gasteiger partial charge in [-0.3, -0.25) is 10.1 Å². The number of rotatable bonds is 11. The molecule has 1 heterocycles. The van der Waals surface area contributed by atoms with Crippen molar-refractivity contribution in [2.75, 3.05) is 26.0 Å². The van der Waals surface area contributed by atoms with Gasteiger partial charge in [-0.1, -0.05) is 12.1 Å². The number of aromatic nitrogens is 2. The molecule has 0 aliphatic heterocycles. The number of ether oxygens (including phenoxy) is 2. The fourth-order valence-corrected chi connectivity index (χ4v) is 5.63. The summed E-state index contributed by atoms with van der Waals surface area (Å²) in [5, 5.41) is 5.58. The van der Waals surface area contributed by atoms with Gasteiger partial charge >= 0.3 is 12.1 Å². The third-order valence-corrected chi connectivity index (χ3v) is 8.42. The van der Waals surface area contributed by atoms with Crippen LogP contribution in [0.1, 0.15) is 94.5 Å². The Balaban J connectivity index is 1.92. The zero-order chi connectivity index (χ0) is 33.7. The first-order valence-electron chi connectivity index (χ1n) is 14.9. The van der Waals surface area contributed by atoms with Gasteiger partial charge in [-0.25, -0.2) is 27.3 Å². The van der Waals surface area contributed by atoms with E-state index in [1.807, 2.05) is 6.92 Å². The molecule has 2 N–H and O–H groups in total. The lowest BCUT2D eigenvalue weighted by Gasteiger charge is -2.21. The van der Waals surface area contributed by atoms with Crippen LogP contribution in [0.5, 0.6) is 0 Å². The van der Waals surface area contributed by atoms with Crippen LogP contribution in [-0.2, 0) is 19.5 Å². The van der Waals surface area contributed by atoms with E-state index in [9.17, 15) is 22.8 Å². The molecule has 0 fully saturated rings. The quantitative estimate of drug-likeness (QED) is 0.198. The van der Waals surface area contributed by atoms with Crippen molar-refractivity contribution in [3.8, 4) is 0 Å². The lowest BCUT2D eigenvalue weighted by atomic mass is 10.1. The maximum Gasteiger partial charge on any atom is 0.407 e. The number of carbonyl (C=O) groups excluding carboxylic acids is 3. The van der Waals surface area contributed by atoms with Crippen LogP contribution in [0.4, 0.5) is 10.7 Å². The molecule has 12 nitrogen and oxygen atoms in total. The highest BCUT2D eigenvalue weighted by molar-refractivity contribution is 7.89. The van der Waals surface area contributed by atoms with E-state index in [2.05, 4.69) is 15.6 Å². The summed E-state index contributed by atoms with van der Waals surface area (Å²) in [7, 11) is -0.954. The van der Waals surface area contributed by atoms with Crippen molar-refractivity contribution in [1.29, 1.82) is 0 Å². The predicted octanol–water partition coefficient (Wildman–Crippen LogP) is 5.75. The van der Waals surface area contributed by atoms with E-state index in [1.54, 1.807) is 76.4 Å². The molecule has 0 aliphatic rings. The van der Waals surface area contributed by atoms with E-state index in [0.717, 1.165) is 4.31 Å². The number of sulfonamides is 1. The summed E-state index contributed by atoms with van der Waals surface area (Å²) >= 11 is 0. The maximum atomic E-state index is 13.5. The minimum Gasteiger partial charge on any atom is -0.456 e. The molecule has 3 rings (SSSR count). The first-order chi connectivity index (χ1) is 20.8. The van der Waals surface area contributed by atoms with E-state index >= 15 is 0 Å². The van der Waals surface area contributed by atoms with Gasteiger partial charge in [0, 0.05) is 32.2 Å². The Hall–Kier alpha value is -3.97. The molecule has 1 atom stereocenters. The molecule has 45 heavy (non-hydrogen) atoms. The molecule has 0 saturated heterocycles. The number of esters is 1. The Labute approximate surface area is 265 Å². The second-order valence-corrected chi connectivity index (χ2v) is 15.1. The summed E-state index contributed by atoms with van der Waals surface area (Å²) in [6.45, 7) is 13.0. The van der Waals surface area contributed by atoms with Crippen molar-refractivity contribution in [3.63, 3.8) is 0 Å². The number of amides is 2. The number of benzene rings is 2. The average molecular weight is 644 g/mol. The molecule has 3 aromatic rings. The van der Waals surface area contributed by atoms with Crippen LogP contribution in [0.25, 0.3) is 11.0 Å². The lowest BCUT2D eigenvalue weighted by molar-refractivity contribution is 0.00691. The summed E-state index contributed by atoms with van der Waals surface area (Å²) in [4.78, 5) is 42.8. The Morgan fingerprint density at radius 1 is 0.933 bits per heavy atom. The Kier molecular flexibility index (Phi) is 11.0. The molecule has 2 aromatic carbocycles. The first-order valence-corrected chi connectivity index (χ1v) is 16.3. The second kappa shape index (κ2) is 14.0. The van der Waals surface area contributed by atoms with Crippen molar-refractivity contribution >= 4 is 45.0 Å². The number of anilines is 1. The average Bonchev–Trinajstić information content (AvgIpc) is 3.28. The van der Waals surface area contributed by atoms with Crippen molar-refractivity contribution in [2.24, 2.45) is 0 Å². The van der Waals surface area contributed by atoms with Gasteiger partial charge < -0.3 is 19.4 Å². The van der Waals surface area contributed by atoms with Crippen LogP contribution in [0.2, 0.25) is 0 Å². The number of carbonyl (C=O) groups is 3. The number of fused-ring (bicyclic) bond motifs is 1. The Bertz CT molecular complexity index is 1650. The molecule has 13 heteroatoms. The van der Waals surface area contributed by atoms with E-state index in [0.29, 0.717) is 36.8 Å². The summed E-state index contributed by atoms with van der Waals surface area (Å²) in [5.74, 6) is -0.918. The smallest absolute Gasteiger partial charge is 0.407 e. The molecule has 246 valence electrons. The number of nitrogens with zero attached hydrogens (tertiary/aromatic N) is 3. The van der Waals surface area contributed by atoms with Crippen molar-refractivity contribution in [3.05, 3.63) is 53.6 Å². The van der Waals surface area contributed by atoms with Crippen LogP contribution in [0, 0.1) is 0 Å². The highest BCUT2D eigenvalue weighted by Gasteiger charge is 2.27. The van der Waals surface area contributed by atoms with Crippen LogP contribution in [0.15, 0.2) is 47.4 Å².